The van der Waals surface area contributed by atoms with Crippen LogP contribution in [0.5, 0.6) is 0 Å². The minimum atomic E-state index is -0.913. The second-order valence-corrected chi connectivity index (χ2v) is 5.55. The number of rotatable bonds is 5. The van der Waals surface area contributed by atoms with Gasteiger partial charge in [-0.1, -0.05) is 12.8 Å². The van der Waals surface area contributed by atoms with Crippen LogP contribution < -0.4 is 0 Å². The van der Waals surface area contributed by atoms with Gasteiger partial charge in [-0.2, -0.15) is 0 Å². The van der Waals surface area contributed by atoms with Gasteiger partial charge in [-0.3, -0.25) is 4.79 Å². The van der Waals surface area contributed by atoms with Gasteiger partial charge in [0.1, 0.15) is 0 Å². The number of aliphatic hydroxyl groups is 1. The summed E-state index contributed by atoms with van der Waals surface area (Å²) < 4.78 is 0. The van der Waals surface area contributed by atoms with Crippen LogP contribution in [0.25, 0.3) is 0 Å². The van der Waals surface area contributed by atoms with Gasteiger partial charge in [0, 0.05) is 19.6 Å². The van der Waals surface area contributed by atoms with Crippen molar-refractivity contribution >= 4 is 12.0 Å². The van der Waals surface area contributed by atoms with Crippen molar-refractivity contribution in [1.82, 2.24) is 9.80 Å². The molecule has 2 amide bonds. The molecule has 1 aliphatic carbocycles. The maximum absolute atomic E-state index is 12.5. The summed E-state index contributed by atoms with van der Waals surface area (Å²) in [4.78, 5) is 26.4. The van der Waals surface area contributed by atoms with Crippen LogP contribution in [0.4, 0.5) is 4.79 Å². The lowest BCUT2D eigenvalue weighted by atomic mass is 9.92. The van der Waals surface area contributed by atoms with Crippen molar-refractivity contribution in [2.24, 2.45) is 0 Å². The predicted octanol–water partition coefficient (Wildman–Crippen LogP) is 1.53. The molecule has 6 heteroatoms. The van der Waals surface area contributed by atoms with Crippen LogP contribution >= 0.6 is 0 Å². The van der Waals surface area contributed by atoms with E-state index in [0.717, 1.165) is 25.7 Å². The third-order valence-corrected chi connectivity index (χ3v) is 4.08. The number of aliphatic hydroxyl groups excluding tert-OH is 1. The van der Waals surface area contributed by atoms with E-state index in [1.54, 1.807) is 23.8 Å². The third-order valence-electron chi connectivity index (χ3n) is 4.08. The fourth-order valence-electron chi connectivity index (χ4n) is 2.89. The maximum atomic E-state index is 12.5. The minimum Gasteiger partial charge on any atom is -0.481 e. The summed E-state index contributed by atoms with van der Waals surface area (Å²) in [5.41, 5.74) is 0. The van der Waals surface area contributed by atoms with Crippen LogP contribution in [-0.2, 0) is 4.79 Å². The summed E-state index contributed by atoms with van der Waals surface area (Å²) in [6.45, 7) is 4.03. The summed E-state index contributed by atoms with van der Waals surface area (Å²) in [5.74, 6) is -0.913. The predicted molar refractivity (Wildman–Crippen MR) is 75.5 cm³/mol. The Morgan fingerprint density at radius 1 is 1.30 bits per heavy atom. The Bertz CT molecular complexity index is 348. The lowest BCUT2D eigenvalue weighted by Gasteiger charge is -2.39. The normalized spacial score (nSPS) is 24.0. The molecule has 2 N–H and O–H groups in total. The number of carbonyl (C=O) groups is 2. The summed E-state index contributed by atoms with van der Waals surface area (Å²) in [6, 6.07) is -0.720. The number of carboxylic acids is 1. The SMILES string of the molecule is CCN(C(=O)N(C)C1CCCCC1O)C(C)CC(=O)O. The highest BCUT2D eigenvalue weighted by Gasteiger charge is 2.32. The largest absolute Gasteiger partial charge is 0.481 e. The van der Waals surface area contributed by atoms with Crippen LogP contribution in [0.15, 0.2) is 0 Å². The van der Waals surface area contributed by atoms with Gasteiger partial charge >= 0.3 is 12.0 Å². The summed E-state index contributed by atoms with van der Waals surface area (Å²) in [5, 5.41) is 18.9. The van der Waals surface area contributed by atoms with E-state index in [4.69, 9.17) is 5.11 Å². The van der Waals surface area contributed by atoms with E-state index in [1.807, 2.05) is 6.92 Å². The number of hydrogen-bond donors (Lipinski definition) is 2. The quantitative estimate of drug-likeness (QED) is 0.803. The number of carboxylic acid groups (broad SMARTS) is 1. The molecular weight excluding hydrogens is 260 g/mol. The molecule has 116 valence electrons. The minimum absolute atomic E-state index is 0.0688. The first-order chi connectivity index (χ1) is 9.38. The molecule has 0 aromatic rings. The molecule has 0 saturated heterocycles. The van der Waals surface area contributed by atoms with Crippen LogP contribution in [0, 0.1) is 0 Å². The zero-order valence-corrected chi connectivity index (χ0v) is 12.6. The van der Waals surface area contributed by atoms with E-state index in [1.165, 1.54) is 0 Å². The van der Waals surface area contributed by atoms with Crippen molar-refractivity contribution in [3.63, 3.8) is 0 Å². The second-order valence-electron chi connectivity index (χ2n) is 5.55. The zero-order valence-electron chi connectivity index (χ0n) is 12.6. The van der Waals surface area contributed by atoms with Crippen molar-refractivity contribution in [3.05, 3.63) is 0 Å². The van der Waals surface area contributed by atoms with Crippen LogP contribution in [-0.4, -0.2) is 63.8 Å². The van der Waals surface area contributed by atoms with E-state index in [2.05, 4.69) is 0 Å². The molecule has 3 atom stereocenters. The molecule has 1 rings (SSSR count). The monoisotopic (exact) mass is 286 g/mol. The standard InChI is InChI=1S/C14H26N2O4/c1-4-16(10(2)9-13(18)19)14(20)15(3)11-7-5-6-8-12(11)17/h10-12,17H,4-9H2,1-3H3,(H,18,19). The van der Waals surface area contributed by atoms with Crippen LogP contribution in [0.1, 0.15) is 46.0 Å². The molecule has 0 aromatic heterocycles. The van der Waals surface area contributed by atoms with Gasteiger partial charge in [0.2, 0.25) is 0 Å². The average molecular weight is 286 g/mol. The summed E-state index contributed by atoms with van der Waals surface area (Å²) in [6.07, 6.45) is 2.97. The number of hydrogen-bond acceptors (Lipinski definition) is 3. The Morgan fingerprint density at radius 2 is 1.90 bits per heavy atom. The molecule has 0 aromatic carbocycles. The van der Waals surface area contributed by atoms with Gasteiger partial charge < -0.3 is 20.0 Å². The Balaban J connectivity index is 2.71. The molecule has 0 spiro atoms. The first-order valence-electron chi connectivity index (χ1n) is 7.31. The number of amides is 2. The van der Waals surface area contributed by atoms with E-state index in [0.29, 0.717) is 6.54 Å². The lowest BCUT2D eigenvalue weighted by Crippen LogP contribution is -2.53. The van der Waals surface area contributed by atoms with Gasteiger partial charge in [0.15, 0.2) is 0 Å². The van der Waals surface area contributed by atoms with Gasteiger partial charge in [-0.05, 0) is 26.7 Å². The molecule has 0 aliphatic heterocycles. The van der Waals surface area contributed by atoms with Crippen molar-refractivity contribution in [1.29, 1.82) is 0 Å². The molecule has 0 heterocycles. The molecule has 6 nitrogen and oxygen atoms in total. The molecule has 0 bridgehead atoms. The van der Waals surface area contributed by atoms with E-state index >= 15 is 0 Å². The number of carbonyl (C=O) groups excluding carboxylic acids is 1. The Kier molecular flexibility index (Phi) is 6.26. The van der Waals surface area contributed by atoms with E-state index in [9.17, 15) is 14.7 Å². The highest BCUT2D eigenvalue weighted by atomic mass is 16.4. The van der Waals surface area contributed by atoms with Crippen molar-refractivity contribution in [3.8, 4) is 0 Å². The Morgan fingerprint density at radius 3 is 2.40 bits per heavy atom. The first kappa shape index (κ1) is 16.8. The van der Waals surface area contributed by atoms with Crippen molar-refractivity contribution in [2.45, 2.75) is 64.1 Å². The fraction of sp³-hybridized carbons (Fsp3) is 0.857. The summed E-state index contributed by atoms with van der Waals surface area (Å²) >= 11 is 0. The highest BCUT2D eigenvalue weighted by molar-refractivity contribution is 5.76. The molecule has 3 unspecified atom stereocenters. The fourth-order valence-corrected chi connectivity index (χ4v) is 2.89. The van der Waals surface area contributed by atoms with Crippen molar-refractivity contribution < 1.29 is 19.8 Å². The maximum Gasteiger partial charge on any atom is 0.320 e. The molecule has 1 saturated carbocycles. The lowest BCUT2D eigenvalue weighted by molar-refractivity contribution is -0.138. The van der Waals surface area contributed by atoms with E-state index in [-0.39, 0.29) is 24.5 Å². The highest BCUT2D eigenvalue weighted by Crippen LogP contribution is 2.23. The molecule has 1 fully saturated rings. The third kappa shape index (κ3) is 4.10. The van der Waals surface area contributed by atoms with Crippen LogP contribution in [0.2, 0.25) is 0 Å². The van der Waals surface area contributed by atoms with Gasteiger partial charge in [0.25, 0.3) is 0 Å². The molecule has 0 radical (unpaired) electrons. The number of aliphatic carboxylic acids is 1. The average Bonchev–Trinajstić information content (AvgIpc) is 2.38. The van der Waals surface area contributed by atoms with Gasteiger partial charge in [-0.15, -0.1) is 0 Å². The number of likely N-dealkylation sites (N-methyl/N-ethyl adjacent to an activating group) is 1. The first-order valence-corrected chi connectivity index (χ1v) is 7.31. The Labute approximate surface area is 120 Å². The van der Waals surface area contributed by atoms with Gasteiger partial charge in [-0.25, -0.2) is 4.79 Å². The summed E-state index contributed by atoms with van der Waals surface area (Å²) in [7, 11) is 1.69. The smallest absolute Gasteiger partial charge is 0.320 e. The zero-order chi connectivity index (χ0) is 15.3. The second kappa shape index (κ2) is 7.47. The molecule has 20 heavy (non-hydrogen) atoms. The number of nitrogens with zero attached hydrogens (tertiary/aromatic N) is 2. The van der Waals surface area contributed by atoms with E-state index < -0.39 is 12.1 Å². The van der Waals surface area contributed by atoms with Crippen LogP contribution in [0.3, 0.4) is 0 Å². The molecular formula is C14H26N2O4. The van der Waals surface area contributed by atoms with Gasteiger partial charge in [0.05, 0.1) is 18.6 Å². The topological polar surface area (TPSA) is 81.1 Å². The van der Waals surface area contributed by atoms with Crippen molar-refractivity contribution in [2.75, 3.05) is 13.6 Å². The Hall–Kier alpha value is -1.30. The number of urea groups is 1. The molecule has 1 aliphatic rings.